The maximum Gasteiger partial charge on any atom is 0.265 e. The monoisotopic (exact) mass is 350 g/mol. The summed E-state index contributed by atoms with van der Waals surface area (Å²) in [6.45, 7) is 0.306. The molecule has 25 heavy (non-hydrogen) atoms. The van der Waals surface area contributed by atoms with Crippen molar-refractivity contribution in [2.24, 2.45) is 5.73 Å². The number of rotatable bonds is 6. The van der Waals surface area contributed by atoms with Crippen molar-refractivity contribution in [2.45, 2.75) is 12.6 Å². The molecule has 0 saturated carbocycles. The van der Waals surface area contributed by atoms with Crippen molar-refractivity contribution in [1.82, 2.24) is 4.90 Å². The van der Waals surface area contributed by atoms with Crippen LogP contribution in [0.1, 0.15) is 26.8 Å². The van der Waals surface area contributed by atoms with Crippen LogP contribution in [0.5, 0.6) is 0 Å². The van der Waals surface area contributed by atoms with Gasteiger partial charge in [0.15, 0.2) is 0 Å². The minimum Gasteiger partial charge on any atom is -0.368 e. The van der Waals surface area contributed by atoms with Crippen LogP contribution < -0.4 is 5.73 Å². The van der Waals surface area contributed by atoms with E-state index in [0.29, 0.717) is 17.0 Å². The Hall–Kier alpha value is -2.92. The lowest BCUT2D eigenvalue weighted by atomic mass is 10.0. The maximum atomic E-state index is 13.1. The fourth-order valence-electron chi connectivity index (χ4n) is 2.74. The largest absolute Gasteiger partial charge is 0.368 e. The lowest BCUT2D eigenvalue weighted by Gasteiger charge is -2.30. The summed E-state index contributed by atoms with van der Waals surface area (Å²) in [4.78, 5) is 27.4. The van der Waals surface area contributed by atoms with Gasteiger partial charge in [0.2, 0.25) is 5.91 Å². The van der Waals surface area contributed by atoms with Gasteiger partial charge in [-0.2, -0.15) is 0 Å². The van der Waals surface area contributed by atoms with Crippen LogP contribution in [-0.4, -0.2) is 16.7 Å². The summed E-state index contributed by atoms with van der Waals surface area (Å²) in [6, 6.07) is 21.5. The van der Waals surface area contributed by atoms with Crippen LogP contribution in [0.15, 0.2) is 78.2 Å². The van der Waals surface area contributed by atoms with Gasteiger partial charge >= 0.3 is 0 Å². The quantitative estimate of drug-likeness (QED) is 0.738. The number of nitrogens with two attached hydrogens (primary N) is 1. The number of amides is 2. The molecule has 0 unspecified atom stereocenters. The second-order valence-corrected chi connectivity index (χ2v) is 6.56. The van der Waals surface area contributed by atoms with Crippen LogP contribution in [0, 0.1) is 0 Å². The normalized spacial score (nSPS) is 11.7. The Kier molecular flexibility index (Phi) is 5.26. The van der Waals surface area contributed by atoms with Gasteiger partial charge in [-0.15, -0.1) is 11.3 Å². The van der Waals surface area contributed by atoms with Gasteiger partial charge in [-0.05, 0) is 22.6 Å². The molecule has 4 nitrogen and oxygen atoms in total. The summed E-state index contributed by atoms with van der Waals surface area (Å²) >= 11 is 1.35. The predicted molar refractivity (Wildman–Crippen MR) is 99.0 cm³/mol. The molecule has 0 spiro atoms. The molecule has 0 aliphatic rings. The highest BCUT2D eigenvalue weighted by Crippen LogP contribution is 2.26. The molecule has 2 amide bonds. The molecule has 0 saturated heterocycles. The number of carbonyl (C=O) groups is 2. The van der Waals surface area contributed by atoms with Crippen LogP contribution in [0.3, 0.4) is 0 Å². The summed E-state index contributed by atoms with van der Waals surface area (Å²) in [7, 11) is 0. The van der Waals surface area contributed by atoms with E-state index in [9.17, 15) is 9.59 Å². The molecule has 0 bridgehead atoms. The molecule has 0 aliphatic heterocycles. The summed E-state index contributed by atoms with van der Waals surface area (Å²) in [5.74, 6) is -0.751. The van der Waals surface area contributed by atoms with E-state index in [1.807, 2.05) is 72.1 Å². The van der Waals surface area contributed by atoms with E-state index in [-0.39, 0.29) is 5.91 Å². The highest BCUT2D eigenvalue weighted by Gasteiger charge is 2.30. The van der Waals surface area contributed by atoms with Crippen molar-refractivity contribution in [1.29, 1.82) is 0 Å². The highest BCUT2D eigenvalue weighted by atomic mass is 32.1. The Labute approximate surface area is 150 Å². The molecule has 0 fully saturated rings. The van der Waals surface area contributed by atoms with E-state index < -0.39 is 11.9 Å². The van der Waals surface area contributed by atoms with Gasteiger partial charge in [0.1, 0.15) is 6.04 Å². The topological polar surface area (TPSA) is 63.4 Å². The van der Waals surface area contributed by atoms with Crippen molar-refractivity contribution in [2.75, 3.05) is 0 Å². The third-order valence-corrected chi connectivity index (χ3v) is 4.74. The molecule has 1 atom stereocenters. The summed E-state index contributed by atoms with van der Waals surface area (Å²) in [5.41, 5.74) is 7.33. The zero-order valence-corrected chi connectivity index (χ0v) is 14.4. The first-order valence-electron chi connectivity index (χ1n) is 7.89. The number of thiophene rings is 1. The number of benzene rings is 2. The molecule has 3 aromatic rings. The van der Waals surface area contributed by atoms with E-state index >= 15 is 0 Å². The number of nitrogens with zero attached hydrogens (tertiary/aromatic N) is 1. The average molecular weight is 350 g/mol. The third kappa shape index (κ3) is 3.95. The van der Waals surface area contributed by atoms with E-state index in [1.165, 1.54) is 11.3 Å². The molecule has 0 radical (unpaired) electrons. The van der Waals surface area contributed by atoms with E-state index in [0.717, 1.165) is 5.56 Å². The molecule has 1 heterocycles. The Bertz CT molecular complexity index is 833. The third-order valence-electron chi connectivity index (χ3n) is 3.89. The maximum absolute atomic E-state index is 13.1. The standard InChI is InChI=1S/C20H18N2O2S/c21-19(23)18(16-10-5-2-6-11-16)22(14-15-8-3-1-4-9-15)20(24)17-12-7-13-25-17/h1-13,18H,14H2,(H2,21,23)/t18-/m1/s1. The van der Waals surface area contributed by atoms with Gasteiger partial charge in [-0.3, -0.25) is 9.59 Å². The van der Waals surface area contributed by atoms with Crippen molar-refractivity contribution in [3.63, 3.8) is 0 Å². The minimum atomic E-state index is -0.823. The zero-order chi connectivity index (χ0) is 17.6. The molecule has 5 heteroatoms. The smallest absolute Gasteiger partial charge is 0.265 e. The fourth-order valence-corrected chi connectivity index (χ4v) is 3.41. The second-order valence-electron chi connectivity index (χ2n) is 5.61. The van der Waals surface area contributed by atoms with Crippen molar-refractivity contribution >= 4 is 23.2 Å². The van der Waals surface area contributed by atoms with Crippen LogP contribution >= 0.6 is 11.3 Å². The van der Waals surface area contributed by atoms with Crippen LogP contribution in [-0.2, 0) is 11.3 Å². The van der Waals surface area contributed by atoms with Crippen LogP contribution in [0.4, 0.5) is 0 Å². The second kappa shape index (κ2) is 7.77. The Morgan fingerprint density at radius 3 is 2.12 bits per heavy atom. The Balaban J connectivity index is 2.02. The molecular weight excluding hydrogens is 332 g/mol. The average Bonchev–Trinajstić information content (AvgIpc) is 3.17. The van der Waals surface area contributed by atoms with E-state index in [1.54, 1.807) is 11.0 Å². The lowest BCUT2D eigenvalue weighted by Crippen LogP contribution is -2.41. The molecule has 126 valence electrons. The number of hydrogen-bond acceptors (Lipinski definition) is 3. The summed E-state index contributed by atoms with van der Waals surface area (Å²) in [5, 5.41) is 1.84. The van der Waals surface area contributed by atoms with E-state index in [2.05, 4.69) is 0 Å². The fraction of sp³-hybridized carbons (Fsp3) is 0.100. The van der Waals surface area contributed by atoms with Gasteiger partial charge < -0.3 is 10.6 Å². The first kappa shape index (κ1) is 16.9. The van der Waals surface area contributed by atoms with Gasteiger partial charge in [0.25, 0.3) is 5.91 Å². The van der Waals surface area contributed by atoms with Gasteiger partial charge in [-0.25, -0.2) is 0 Å². The molecule has 1 aromatic heterocycles. The Morgan fingerprint density at radius 2 is 1.56 bits per heavy atom. The van der Waals surface area contributed by atoms with Gasteiger partial charge in [0.05, 0.1) is 4.88 Å². The van der Waals surface area contributed by atoms with E-state index in [4.69, 9.17) is 5.73 Å². The first-order valence-corrected chi connectivity index (χ1v) is 8.77. The van der Waals surface area contributed by atoms with Gasteiger partial charge in [0, 0.05) is 6.54 Å². The zero-order valence-electron chi connectivity index (χ0n) is 13.5. The highest BCUT2D eigenvalue weighted by molar-refractivity contribution is 7.12. The first-order chi connectivity index (χ1) is 12.2. The molecule has 3 rings (SSSR count). The van der Waals surface area contributed by atoms with Crippen molar-refractivity contribution < 1.29 is 9.59 Å². The van der Waals surface area contributed by atoms with Crippen LogP contribution in [0.25, 0.3) is 0 Å². The molecule has 0 aliphatic carbocycles. The number of primary amides is 1. The van der Waals surface area contributed by atoms with Crippen molar-refractivity contribution in [3.8, 4) is 0 Å². The number of carbonyl (C=O) groups excluding carboxylic acids is 2. The minimum absolute atomic E-state index is 0.202. The van der Waals surface area contributed by atoms with Crippen molar-refractivity contribution in [3.05, 3.63) is 94.2 Å². The Morgan fingerprint density at radius 1 is 0.920 bits per heavy atom. The van der Waals surface area contributed by atoms with Crippen LogP contribution in [0.2, 0.25) is 0 Å². The predicted octanol–water partition coefficient (Wildman–Crippen LogP) is 3.62. The van der Waals surface area contributed by atoms with Gasteiger partial charge in [-0.1, -0.05) is 66.7 Å². The molecular formula is C20H18N2O2S. The number of hydrogen-bond donors (Lipinski definition) is 1. The summed E-state index contributed by atoms with van der Waals surface area (Å²) < 4.78 is 0. The SMILES string of the molecule is NC(=O)[C@@H](c1ccccc1)N(Cc1ccccc1)C(=O)c1cccs1. The molecule has 2 aromatic carbocycles. The molecule has 2 N–H and O–H groups in total. The summed E-state index contributed by atoms with van der Waals surface area (Å²) in [6.07, 6.45) is 0. The lowest BCUT2D eigenvalue weighted by molar-refractivity contribution is -0.122.